The van der Waals surface area contributed by atoms with Gasteiger partial charge in [0, 0.05) is 42.2 Å². The molecule has 0 radical (unpaired) electrons. The lowest BCUT2D eigenvalue weighted by atomic mass is 10.2. The Morgan fingerprint density at radius 1 is 1.04 bits per heavy atom. The highest BCUT2D eigenvalue weighted by Gasteiger charge is 2.22. The number of anilines is 1. The maximum absolute atomic E-state index is 12.6. The van der Waals surface area contributed by atoms with E-state index in [0.717, 1.165) is 15.7 Å². The van der Waals surface area contributed by atoms with Crippen LogP contribution in [0, 0.1) is 0 Å². The van der Waals surface area contributed by atoms with Crippen LogP contribution >= 0.6 is 15.9 Å². The fourth-order valence-corrected chi connectivity index (χ4v) is 3.44. The molecule has 1 aromatic carbocycles. The maximum atomic E-state index is 12.6. The molecule has 27 heavy (non-hydrogen) atoms. The molecule has 4 rings (SSSR count). The Kier molecular flexibility index (Phi) is 4.89. The maximum Gasteiger partial charge on any atom is 0.275 e. The summed E-state index contributed by atoms with van der Waals surface area (Å²) in [6, 6.07) is 11.2. The Bertz CT molecular complexity index is 1030. The van der Waals surface area contributed by atoms with Gasteiger partial charge in [-0.2, -0.15) is 5.10 Å². The molecule has 1 aliphatic heterocycles. The summed E-state index contributed by atoms with van der Waals surface area (Å²) in [6.45, 7) is 2.57. The third-order valence-corrected chi connectivity index (χ3v) is 5.18. The van der Waals surface area contributed by atoms with Crippen LogP contribution in [-0.4, -0.2) is 51.8 Å². The van der Waals surface area contributed by atoms with Crippen LogP contribution in [0.5, 0.6) is 0 Å². The molecule has 3 heterocycles. The van der Waals surface area contributed by atoms with Crippen LogP contribution in [0.3, 0.4) is 0 Å². The first-order valence-corrected chi connectivity index (χ1v) is 9.50. The van der Waals surface area contributed by atoms with E-state index in [2.05, 4.69) is 30.9 Å². The number of piperazine rings is 1. The minimum Gasteiger partial charge on any atom is -0.353 e. The van der Waals surface area contributed by atoms with E-state index in [1.807, 2.05) is 30.3 Å². The number of carbonyl (C=O) groups excluding carboxylic acids is 1. The predicted molar refractivity (Wildman–Crippen MR) is 107 cm³/mol. The van der Waals surface area contributed by atoms with Gasteiger partial charge in [-0.3, -0.25) is 9.59 Å². The fraction of sp³-hybridized carbons (Fsp3) is 0.263. The molecule has 0 aliphatic carbocycles. The van der Waals surface area contributed by atoms with E-state index in [4.69, 9.17) is 0 Å². The Morgan fingerprint density at radius 2 is 1.81 bits per heavy atom. The molecular formula is C19H18BrN5O2. The number of rotatable bonds is 3. The molecule has 1 fully saturated rings. The standard InChI is InChI=1S/C19H18BrN5O2/c20-15-5-6-17(21-12-15)23-7-9-24(10-8-23)18(26)13-25-19(27)16-4-2-1-3-14(16)11-22-25/h1-6,11-12H,7-10,13H2. The van der Waals surface area contributed by atoms with Crippen molar-refractivity contribution in [3.05, 3.63) is 63.6 Å². The molecule has 2 aromatic heterocycles. The SMILES string of the molecule is O=C(Cn1ncc2ccccc2c1=O)N1CCN(c2ccc(Br)cn2)CC1. The summed E-state index contributed by atoms with van der Waals surface area (Å²) in [6.07, 6.45) is 3.39. The average molecular weight is 428 g/mol. The van der Waals surface area contributed by atoms with Crippen LogP contribution in [0.15, 0.2) is 58.1 Å². The number of aromatic nitrogens is 3. The van der Waals surface area contributed by atoms with Gasteiger partial charge in [-0.15, -0.1) is 0 Å². The average Bonchev–Trinajstić information content (AvgIpc) is 2.71. The Hall–Kier alpha value is -2.74. The number of hydrogen-bond acceptors (Lipinski definition) is 5. The number of benzene rings is 1. The van der Waals surface area contributed by atoms with Gasteiger partial charge in [-0.05, 0) is 34.1 Å². The monoisotopic (exact) mass is 427 g/mol. The highest BCUT2D eigenvalue weighted by Crippen LogP contribution is 2.16. The lowest BCUT2D eigenvalue weighted by Crippen LogP contribution is -2.50. The van der Waals surface area contributed by atoms with E-state index >= 15 is 0 Å². The first-order valence-electron chi connectivity index (χ1n) is 8.71. The lowest BCUT2D eigenvalue weighted by Gasteiger charge is -2.35. The second-order valence-electron chi connectivity index (χ2n) is 6.40. The van der Waals surface area contributed by atoms with Gasteiger partial charge in [-0.1, -0.05) is 18.2 Å². The summed E-state index contributed by atoms with van der Waals surface area (Å²) < 4.78 is 2.18. The zero-order valence-corrected chi connectivity index (χ0v) is 16.2. The van der Waals surface area contributed by atoms with Crippen molar-refractivity contribution in [2.45, 2.75) is 6.54 Å². The quantitative estimate of drug-likeness (QED) is 0.638. The van der Waals surface area contributed by atoms with E-state index in [1.165, 1.54) is 4.68 Å². The lowest BCUT2D eigenvalue weighted by molar-refractivity contribution is -0.132. The molecular weight excluding hydrogens is 410 g/mol. The number of amides is 1. The molecule has 8 heteroatoms. The third-order valence-electron chi connectivity index (χ3n) is 4.72. The van der Waals surface area contributed by atoms with Gasteiger partial charge in [-0.25, -0.2) is 9.67 Å². The molecule has 0 unspecified atom stereocenters. The molecule has 1 aliphatic rings. The van der Waals surface area contributed by atoms with Crippen molar-refractivity contribution in [2.75, 3.05) is 31.1 Å². The largest absolute Gasteiger partial charge is 0.353 e. The molecule has 0 N–H and O–H groups in total. The van der Waals surface area contributed by atoms with Gasteiger partial charge in [0.15, 0.2) is 0 Å². The second kappa shape index (κ2) is 7.48. The third kappa shape index (κ3) is 3.71. The summed E-state index contributed by atoms with van der Waals surface area (Å²) in [7, 11) is 0. The van der Waals surface area contributed by atoms with Crippen molar-refractivity contribution in [1.29, 1.82) is 0 Å². The number of fused-ring (bicyclic) bond motifs is 1. The first-order chi connectivity index (χ1) is 13.1. The van der Waals surface area contributed by atoms with Crippen molar-refractivity contribution in [3.8, 4) is 0 Å². The summed E-state index contributed by atoms with van der Waals surface area (Å²) in [4.78, 5) is 33.5. The van der Waals surface area contributed by atoms with Crippen LogP contribution in [-0.2, 0) is 11.3 Å². The van der Waals surface area contributed by atoms with E-state index in [0.29, 0.717) is 31.6 Å². The molecule has 0 spiro atoms. The number of pyridine rings is 1. The van der Waals surface area contributed by atoms with Crippen LogP contribution < -0.4 is 10.5 Å². The number of hydrogen-bond donors (Lipinski definition) is 0. The molecule has 0 saturated carbocycles. The van der Waals surface area contributed by atoms with Crippen LogP contribution in [0.4, 0.5) is 5.82 Å². The molecule has 7 nitrogen and oxygen atoms in total. The molecule has 3 aromatic rings. The van der Waals surface area contributed by atoms with E-state index in [1.54, 1.807) is 23.4 Å². The van der Waals surface area contributed by atoms with Crippen LogP contribution in [0.2, 0.25) is 0 Å². The van der Waals surface area contributed by atoms with Gasteiger partial charge >= 0.3 is 0 Å². The minimum absolute atomic E-state index is 0.0415. The minimum atomic E-state index is -0.237. The second-order valence-corrected chi connectivity index (χ2v) is 7.31. The van der Waals surface area contributed by atoms with Crippen molar-refractivity contribution in [3.63, 3.8) is 0 Å². The normalized spacial score (nSPS) is 14.6. The number of halogens is 1. The predicted octanol–water partition coefficient (Wildman–Crippen LogP) is 1.90. The zero-order chi connectivity index (χ0) is 18.8. The van der Waals surface area contributed by atoms with Crippen molar-refractivity contribution in [1.82, 2.24) is 19.7 Å². The summed E-state index contributed by atoms with van der Waals surface area (Å²) >= 11 is 3.38. The molecule has 0 atom stereocenters. The van der Waals surface area contributed by atoms with Gasteiger partial charge in [0.2, 0.25) is 5.91 Å². The van der Waals surface area contributed by atoms with E-state index in [9.17, 15) is 9.59 Å². The first kappa shape index (κ1) is 17.7. The van der Waals surface area contributed by atoms with Gasteiger partial charge in [0.25, 0.3) is 5.56 Å². The Morgan fingerprint density at radius 3 is 2.56 bits per heavy atom. The fourth-order valence-electron chi connectivity index (χ4n) is 3.21. The smallest absolute Gasteiger partial charge is 0.275 e. The number of carbonyl (C=O) groups is 1. The summed E-state index contributed by atoms with van der Waals surface area (Å²) in [5, 5.41) is 5.50. The highest BCUT2D eigenvalue weighted by molar-refractivity contribution is 9.10. The van der Waals surface area contributed by atoms with Crippen molar-refractivity contribution < 1.29 is 4.79 Å². The molecule has 1 saturated heterocycles. The molecule has 1 amide bonds. The van der Waals surface area contributed by atoms with Gasteiger partial charge in [0.05, 0.1) is 11.6 Å². The van der Waals surface area contributed by atoms with Crippen LogP contribution in [0.1, 0.15) is 0 Å². The molecule has 0 bridgehead atoms. The zero-order valence-electron chi connectivity index (χ0n) is 14.6. The number of nitrogens with zero attached hydrogens (tertiary/aromatic N) is 5. The van der Waals surface area contributed by atoms with Crippen molar-refractivity contribution in [2.24, 2.45) is 0 Å². The molecule has 138 valence electrons. The van der Waals surface area contributed by atoms with Crippen LogP contribution in [0.25, 0.3) is 10.8 Å². The van der Waals surface area contributed by atoms with E-state index < -0.39 is 0 Å². The van der Waals surface area contributed by atoms with Crippen molar-refractivity contribution >= 4 is 38.4 Å². The Balaban J connectivity index is 1.42. The van der Waals surface area contributed by atoms with Gasteiger partial charge in [0.1, 0.15) is 12.4 Å². The van der Waals surface area contributed by atoms with Gasteiger partial charge < -0.3 is 9.80 Å². The summed E-state index contributed by atoms with van der Waals surface area (Å²) in [5.41, 5.74) is -0.237. The van der Waals surface area contributed by atoms with E-state index in [-0.39, 0.29) is 18.0 Å². The summed E-state index contributed by atoms with van der Waals surface area (Å²) in [5.74, 6) is 0.806. The topological polar surface area (TPSA) is 71.3 Å². The Labute approximate surface area is 164 Å². The highest BCUT2D eigenvalue weighted by atomic mass is 79.9.